The topological polar surface area (TPSA) is 95.6 Å². The van der Waals surface area contributed by atoms with Crippen molar-refractivity contribution in [2.24, 2.45) is 0 Å². The highest BCUT2D eigenvalue weighted by atomic mass is 32.2. The van der Waals surface area contributed by atoms with E-state index in [1.54, 1.807) is 25.1 Å². The van der Waals surface area contributed by atoms with Crippen molar-refractivity contribution in [3.8, 4) is 0 Å². The van der Waals surface area contributed by atoms with Crippen molar-refractivity contribution in [2.75, 3.05) is 27.9 Å². The molecular weight excluding hydrogens is 326 g/mol. The number of nitrogens with zero attached hydrogens (tertiary/aromatic N) is 1. The molecule has 22 heavy (non-hydrogen) atoms. The second-order valence-electron chi connectivity index (χ2n) is 5.24. The molecule has 2 N–H and O–H groups in total. The van der Waals surface area contributed by atoms with Crippen LogP contribution in [0.4, 0.5) is 11.4 Å². The Balaban J connectivity index is 2.20. The molecule has 0 amide bonds. The summed E-state index contributed by atoms with van der Waals surface area (Å²) in [5, 5.41) is 0. The van der Waals surface area contributed by atoms with Gasteiger partial charge in [0.05, 0.1) is 17.1 Å². The third-order valence-electron chi connectivity index (χ3n) is 3.36. The van der Waals surface area contributed by atoms with Crippen molar-refractivity contribution < 1.29 is 16.8 Å². The molecule has 9 heteroatoms. The Morgan fingerprint density at radius 2 is 2.05 bits per heavy atom. The van der Waals surface area contributed by atoms with Gasteiger partial charge in [-0.3, -0.25) is 9.03 Å². The van der Waals surface area contributed by atoms with Gasteiger partial charge in [-0.05, 0) is 43.5 Å². The van der Waals surface area contributed by atoms with Gasteiger partial charge in [-0.15, -0.1) is 0 Å². The summed E-state index contributed by atoms with van der Waals surface area (Å²) in [4.78, 5) is 0. The van der Waals surface area contributed by atoms with Crippen LogP contribution in [-0.2, 0) is 20.2 Å². The zero-order valence-corrected chi connectivity index (χ0v) is 14.3. The monoisotopic (exact) mass is 347 g/mol. The standard InChI is InChI=1S/C13H21N3O4S2/c1-3-7-14-22(19,20)15-12-5-6-13(11(2)10-12)16-8-4-9-21(16,17)18/h5-6,10,14-15H,3-4,7-9H2,1-2H3. The maximum absolute atomic E-state index is 12.0. The molecule has 7 nitrogen and oxygen atoms in total. The Bertz CT molecular complexity index is 745. The number of aryl methyl sites for hydroxylation is 1. The number of hydrogen-bond donors (Lipinski definition) is 2. The van der Waals surface area contributed by atoms with Crippen LogP contribution in [-0.4, -0.2) is 35.7 Å². The van der Waals surface area contributed by atoms with E-state index in [2.05, 4.69) is 9.44 Å². The first kappa shape index (κ1) is 17.0. The summed E-state index contributed by atoms with van der Waals surface area (Å²) < 4.78 is 53.7. The van der Waals surface area contributed by atoms with Gasteiger partial charge in [0, 0.05) is 13.1 Å². The number of anilines is 2. The normalized spacial score (nSPS) is 17.6. The lowest BCUT2D eigenvalue weighted by Crippen LogP contribution is -2.30. The van der Waals surface area contributed by atoms with Crippen LogP contribution in [0.15, 0.2) is 18.2 Å². The predicted molar refractivity (Wildman–Crippen MR) is 87.8 cm³/mol. The van der Waals surface area contributed by atoms with E-state index in [1.165, 1.54) is 4.31 Å². The minimum absolute atomic E-state index is 0.155. The Labute approximate surface area is 131 Å². The highest BCUT2D eigenvalue weighted by molar-refractivity contribution is 7.93. The number of hydrogen-bond acceptors (Lipinski definition) is 4. The van der Waals surface area contributed by atoms with Crippen molar-refractivity contribution in [3.05, 3.63) is 23.8 Å². The maximum atomic E-state index is 12.0. The molecule has 0 spiro atoms. The van der Waals surface area contributed by atoms with E-state index in [-0.39, 0.29) is 5.75 Å². The molecule has 1 saturated heterocycles. The molecular formula is C13H21N3O4S2. The average Bonchev–Trinajstić information content (AvgIpc) is 2.76. The van der Waals surface area contributed by atoms with Gasteiger partial charge in [-0.2, -0.15) is 13.1 Å². The van der Waals surface area contributed by atoms with E-state index in [4.69, 9.17) is 0 Å². The molecule has 1 fully saturated rings. The summed E-state index contributed by atoms with van der Waals surface area (Å²) in [6.45, 7) is 4.46. The van der Waals surface area contributed by atoms with E-state index in [0.29, 0.717) is 42.9 Å². The second kappa shape index (κ2) is 6.43. The molecule has 1 aliphatic rings. The first-order chi connectivity index (χ1) is 10.2. The quantitative estimate of drug-likeness (QED) is 0.808. The lowest BCUT2D eigenvalue weighted by atomic mass is 10.2. The van der Waals surface area contributed by atoms with Crippen molar-refractivity contribution in [3.63, 3.8) is 0 Å². The van der Waals surface area contributed by atoms with Gasteiger partial charge < -0.3 is 0 Å². The largest absolute Gasteiger partial charge is 0.299 e. The van der Waals surface area contributed by atoms with Crippen LogP contribution in [0, 0.1) is 6.92 Å². The maximum Gasteiger partial charge on any atom is 0.299 e. The van der Waals surface area contributed by atoms with E-state index in [0.717, 1.165) is 0 Å². The third kappa shape index (κ3) is 3.90. The number of sulfonamides is 1. The van der Waals surface area contributed by atoms with Crippen LogP contribution in [0.3, 0.4) is 0 Å². The van der Waals surface area contributed by atoms with Crippen molar-refractivity contribution in [2.45, 2.75) is 26.7 Å². The fourth-order valence-corrected chi connectivity index (χ4v) is 4.94. The Morgan fingerprint density at radius 1 is 1.32 bits per heavy atom. The summed E-state index contributed by atoms with van der Waals surface area (Å²) in [5.41, 5.74) is 1.71. The van der Waals surface area contributed by atoms with E-state index < -0.39 is 20.2 Å². The van der Waals surface area contributed by atoms with Crippen molar-refractivity contribution in [1.29, 1.82) is 0 Å². The van der Waals surface area contributed by atoms with E-state index in [1.807, 2.05) is 6.92 Å². The highest BCUT2D eigenvalue weighted by Crippen LogP contribution is 2.29. The van der Waals surface area contributed by atoms with Crippen LogP contribution in [0.1, 0.15) is 25.3 Å². The first-order valence-corrected chi connectivity index (χ1v) is 10.2. The molecule has 1 heterocycles. The Morgan fingerprint density at radius 3 is 2.59 bits per heavy atom. The molecule has 124 valence electrons. The van der Waals surface area contributed by atoms with Gasteiger partial charge in [-0.1, -0.05) is 6.92 Å². The van der Waals surface area contributed by atoms with Gasteiger partial charge in [0.15, 0.2) is 0 Å². The summed E-state index contributed by atoms with van der Waals surface area (Å²) >= 11 is 0. The summed E-state index contributed by atoms with van der Waals surface area (Å²) in [6, 6.07) is 4.84. The first-order valence-electron chi connectivity index (χ1n) is 7.13. The van der Waals surface area contributed by atoms with Gasteiger partial charge >= 0.3 is 0 Å². The molecule has 0 aliphatic carbocycles. The summed E-state index contributed by atoms with van der Waals surface area (Å²) in [6.07, 6.45) is 1.31. The minimum atomic E-state index is -3.60. The average molecular weight is 347 g/mol. The smallest absolute Gasteiger partial charge is 0.271 e. The molecule has 0 radical (unpaired) electrons. The highest BCUT2D eigenvalue weighted by Gasteiger charge is 2.29. The number of rotatable bonds is 6. The third-order valence-corrected chi connectivity index (χ3v) is 6.30. The summed E-state index contributed by atoms with van der Waals surface area (Å²) in [5.74, 6) is 0.155. The van der Waals surface area contributed by atoms with Crippen LogP contribution in [0.25, 0.3) is 0 Å². The van der Waals surface area contributed by atoms with Gasteiger partial charge in [0.1, 0.15) is 0 Å². The zero-order chi connectivity index (χ0) is 16.4. The molecule has 1 aromatic rings. The van der Waals surface area contributed by atoms with Gasteiger partial charge in [-0.25, -0.2) is 8.42 Å². The minimum Gasteiger partial charge on any atom is -0.271 e. The van der Waals surface area contributed by atoms with Crippen LogP contribution in [0.5, 0.6) is 0 Å². The molecule has 0 aromatic heterocycles. The van der Waals surface area contributed by atoms with Crippen LogP contribution in [0.2, 0.25) is 0 Å². The molecule has 1 aliphatic heterocycles. The Kier molecular flexibility index (Phi) is 4.98. The van der Waals surface area contributed by atoms with Crippen LogP contribution < -0.4 is 13.7 Å². The number of nitrogens with one attached hydrogen (secondary N) is 2. The molecule has 2 rings (SSSR count). The summed E-state index contributed by atoms with van der Waals surface area (Å²) in [7, 11) is -6.84. The predicted octanol–water partition coefficient (Wildman–Crippen LogP) is 1.19. The lowest BCUT2D eigenvalue weighted by molar-refractivity contribution is 0.586. The molecule has 0 bridgehead atoms. The van der Waals surface area contributed by atoms with Crippen LogP contribution >= 0.6 is 0 Å². The Hall–Kier alpha value is -1.32. The number of benzene rings is 1. The molecule has 0 saturated carbocycles. The zero-order valence-electron chi connectivity index (χ0n) is 12.7. The molecule has 1 aromatic carbocycles. The van der Waals surface area contributed by atoms with Crippen molar-refractivity contribution in [1.82, 2.24) is 4.72 Å². The van der Waals surface area contributed by atoms with Gasteiger partial charge in [0.25, 0.3) is 10.2 Å². The molecule has 0 atom stereocenters. The fourth-order valence-electron chi connectivity index (χ4n) is 2.34. The fraction of sp³-hybridized carbons (Fsp3) is 0.538. The van der Waals surface area contributed by atoms with E-state index >= 15 is 0 Å². The van der Waals surface area contributed by atoms with Crippen molar-refractivity contribution >= 4 is 31.6 Å². The lowest BCUT2D eigenvalue weighted by Gasteiger charge is -2.20. The second-order valence-corrected chi connectivity index (χ2v) is 8.76. The molecule has 0 unspecified atom stereocenters. The van der Waals surface area contributed by atoms with Gasteiger partial charge in [0.2, 0.25) is 10.0 Å². The van der Waals surface area contributed by atoms with E-state index in [9.17, 15) is 16.8 Å². The SMILES string of the molecule is CCCNS(=O)(=O)Nc1ccc(N2CCCS2(=O)=O)c(C)c1.